The first-order chi connectivity index (χ1) is 13.9. The molecule has 2 amide bonds. The van der Waals surface area contributed by atoms with Crippen LogP contribution >= 0.6 is 0 Å². The second kappa shape index (κ2) is 9.56. The zero-order valence-electron chi connectivity index (χ0n) is 17.2. The summed E-state index contributed by atoms with van der Waals surface area (Å²) in [7, 11) is 0. The second-order valence-electron chi connectivity index (χ2n) is 7.46. The van der Waals surface area contributed by atoms with Crippen LogP contribution in [0.4, 0.5) is 5.69 Å². The third-order valence-electron chi connectivity index (χ3n) is 4.82. The number of nitrogens with one attached hydrogen (secondary N) is 2. The lowest BCUT2D eigenvalue weighted by Gasteiger charge is -2.17. The number of carbonyl (C=O) groups excluding carboxylic acids is 2. The van der Waals surface area contributed by atoms with Gasteiger partial charge in [-0.3, -0.25) is 9.59 Å². The molecule has 6 nitrogen and oxygen atoms in total. The van der Waals surface area contributed by atoms with E-state index in [1.54, 1.807) is 31.2 Å². The predicted octanol–water partition coefficient (Wildman–Crippen LogP) is 3.62. The van der Waals surface area contributed by atoms with Gasteiger partial charge in [0.25, 0.3) is 11.8 Å². The highest BCUT2D eigenvalue weighted by atomic mass is 16.5. The first kappa shape index (κ1) is 20.9. The standard InChI is InChI=1S/C23H28N2O4/c1-15-11-16(2)13-19(12-15)29-17(3)22(26)25-21-9-5-4-8-20(21)23(27)24-14-18-7-6-10-28-18/h4-5,8-9,11-13,17-18H,6-7,10,14H2,1-3H3,(H,24,27)(H,25,26)/t17-,18-/m1/s1. The average molecular weight is 396 g/mol. The van der Waals surface area contributed by atoms with E-state index in [1.807, 2.05) is 32.0 Å². The maximum absolute atomic E-state index is 12.6. The molecule has 0 aromatic heterocycles. The summed E-state index contributed by atoms with van der Waals surface area (Å²) in [5.41, 5.74) is 3.01. The van der Waals surface area contributed by atoms with Crippen LogP contribution in [0.15, 0.2) is 42.5 Å². The highest BCUT2D eigenvalue weighted by Gasteiger charge is 2.20. The molecule has 2 aromatic carbocycles. The molecular formula is C23H28N2O4. The largest absolute Gasteiger partial charge is 0.481 e. The summed E-state index contributed by atoms with van der Waals surface area (Å²) >= 11 is 0. The summed E-state index contributed by atoms with van der Waals surface area (Å²) in [4.78, 5) is 25.2. The van der Waals surface area contributed by atoms with E-state index in [0.29, 0.717) is 23.5 Å². The van der Waals surface area contributed by atoms with Crippen molar-refractivity contribution in [2.24, 2.45) is 0 Å². The van der Waals surface area contributed by atoms with Gasteiger partial charge in [-0.25, -0.2) is 0 Å². The number of carbonyl (C=O) groups is 2. The van der Waals surface area contributed by atoms with E-state index in [2.05, 4.69) is 10.6 Å². The van der Waals surface area contributed by atoms with Gasteiger partial charge in [0.05, 0.1) is 17.4 Å². The molecule has 29 heavy (non-hydrogen) atoms. The Morgan fingerprint density at radius 2 is 1.90 bits per heavy atom. The topological polar surface area (TPSA) is 76.7 Å². The van der Waals surface area contributed by atoms with Gasteiger partial charge in [-0.1, -0.05) is 18.2 Å². The fraction of sp³-hybridized carbons (Fsp3) is 0.391. The molecule has 1 aliphatic rings. The van der Waals surface area contributed by atoms with E-state index >= 15 is 0 Å². The third kappa shape index (κ3) is 5.81. The number of benzene rings is 2. The summed E-state index contributed by atoms with van der Waals surface area (Å²) in [5.74, 6) is 0.0931. The van der Waals surface area contributed by atoms with Crippen LogP contribution < -0.4 is 15.4 Å². The Kier molecular flexibility index (Phi) is 6.88. The lowest BCUT2D eigenvalue weighted by atomic mass is 10.1. The Hall–Kier alpha value is -2.86. The molecule has 3 rings (SSSR count). The smallest absolute Gasteiger partial charge is 0.265 e. The summed E-state index contributed by atoms with van der Waals surface area (Å²) in [6.07, 6.45) is 1.32. The van der Waals surface area contributed by atoms with Crippen molar-refractivity contribution >= 4 is 17.5 Å². The van der Waals surface area contributed by atoms with Gasteiger partial charge in [0.2, 0.25) is 0 Å². The normalized spacial score (nSPS) is 16.9. The summed E-state index contributed by atoms with van der Waals surface area (Å²) in [6, 6.07) is 12.8. The minimum absolute atomic E-state index is 0.0620. The van der Waals surface area contributed by atoms with E-state index in [-0.39, 0.29) is 17.9 Å². The summed E-state index contributed by atoms with van der Waals surface area (Å²) < 4.78 is 11.3. The molecule has 0 unspecified atom stereocenters. The quantitative estimate of drug-likeness (QED) is 0.749. The first-order valence-corrected chi connectivity index (χ1v) is 9.97. The molecule has 0 bridgehead atoms. The van der Waals surface area contributed by atoms with Gasteiger partial charge in [0, 0.05) is 13.2 Å². The fourth-order valence-electron chi connectivity index (χ4n) is 3.39. The number of hydrogen-bond donors (Lipinski definition) is 2. The highest BCUT2D eigenvalue weighted by Crippen LogP contribution is 2.20. The molecule has 0 spiro atoms. The van der Waals surface area contributed by atoms with Crippen LogP contribution in [0.3, 0.4) is 0 Å². The fourth-order valence-corrected chi connectivity index (χ4v) is 3.39. The van der Waals surface area contributed by atoms with Crippen LogP contribution in [-0.4, -0.2) is 37.2 Å². The number of para-hydroxylation sites is 1. The summed E-state index contributed by atoms with van der Waals surface area (Å²) in [6.45, 7) is 6.86. The molecule has 0 saturated carbocycles. The van der Waals surface area contributed by atoms with Gasteiger partial charge in [-0.05, 0) is 69.0 Å². The maximum atomic E-state index is 12.6. The zero-order valence-corrected chi connectivity index (χ0v) is 17.2. The number of hydrogen-bond acceptors (Lipinski definition) is 4. The molecule has 2 N–H and O–H groups in total. The lowest BCUT2D eigenvalue weighted by molar-refractivity contribution is -0.122. The minimum atomic E-state index is -0.709. The Morgan fingerprint density at radius 1 is 1.17 bits per heavy atom. The van der Waals surface area contributed by atoms with Crippen molar-refractivity contribution < 1.29 is 19.1 Å². The van der Waals surface area contributed by atoms with Crippen LogP contribution in [0.2, 0.25) is 0 Å². The molecule has 2 atom stereocenters. The molecule has 6 heteroatoms. The SMILES string of the molecule is Cc1cc(C)cc(O[C@H](C)C(=O)Nc2ccccc2C(=O)NC[C@H]2CCCO2)c1. The molecule has 1 saturated heterocycles. The number of aryl methyl sites for hydroxylation is 2. The molecule has 1 fully saturated rings. The Labute approximate surface area is 171 Å². The van der Waals surface area contributed by atoms with Gasteiger partial charge in [-0.15, -0.1) is 0 Å². The van der Waals surface area contributed by atoms with Crippen molar-refractivity contribution in [2.45, 2.75) is 45.8 Å². The number of anilines is 1. The predicted molar refractivity (Wildman–Crippen MR) is 112 cm³/mol. The Morgan fingerprint density at radius 3 is 2.59 bits per heavy atom. The number of rotatable bonds is 7. The lowest BCUT2D eigenvalue weighted by Crippen LogP contribution is -2.34. The van der Waals surface area contributed by atoms with Crippen molar-refractivity contribution in [3.8, 4) is 5.75 Å². The third-order valence-corrected chi connectivity index (χ3v) is 4.82. The van der Waals surface area contributed by atoms with Gasteiger partial charge in [-0.2, -0.15) is 0 Å². The van der Waals surface area contributed by atoms with Crippen molar-refractivity contribution in [1.82, 2.24) is 5.32 Å². The van der Waals surface area contributed by atoms with E-state index in [1.165, 1.54) is 0 Å². The molecule has 2 aromatic rings. The Bertz CT molecular complexity index is 855. The zero-order chi connectivity index (χ0) is 20.8. The van der Waals surface area contributed by atoms with Gasteiger partial charge < -0.3 is 20.1 Å². The number of amides is 2. The Balaban J connectivity index is 1.62. The van der Waals surface area contributed by atoms with Crippen LogP contribution in [0.5, 0.6) is 5.75 Å². The van der Waals surface area contributed by atoms with Crippen LogP contribution in [-0.2, 0) is 9.53 Å². The van der Waals surface area contributed by atoms with Gasteiger partial charge in [0.1, 0.15) is 5.75 Å². The monoisotopic (exact) mass is 396 g/mol. The maximum Gasteiger partial charge on any atom is 0.265 e. The van der Waals surface area contributed by atoms with Crippen LogP contribution in [0, 0.1) is 13.8 Å². The van der Waals surface area contributed by atoms with Crippen molar-refractivity contribution in [2.75, 3.05) is 18.5 Å². The molecular weight excluding hydrogens is 368 g/mol. The highest BCUT2D eigenvalue weighted by molar-refractivity contribution is 6.04. The van der Waals surface area contributed by atoms with E-state index in [4.69, 9.17) is 9.47 Å². The average Bonchev–Trinajstić information content (AvgIpc) is 3.19. The van der Waals surface area contributed by atoms with E-state index in [9.17, 15) is 9.59 Å². The van der Waals surface area contributed by atoms with Crippen molar-refractivity contribution in [3.63, 3.8) is 0 Å². The second-order valence-corrected chi connectivity index (χ2v) is 7.46. The van der Waals surface area contributed by atoms with E-state index < -0.39 is 6.10 Å². The molecule has 0 aliphatic carbocycles. The molecule has 1 heterocycles. The van der Waals surface area contributed by atoms with E-state index in [0.717, 1.165) is 30.6 Å². The van der Waals surface area contributed by atoms with Crippen molar-refractivity contribution in [1.29, 1.82) is 0 Å². The summed E-state index contributed by atoms with van der Waals surface area (Å²) in [5, 5.41) is 5.70. The molecule has 1 aliphatic heterocycles. The van der Waals surface area contributed by atoms with Gasteiger partial charge >= 0.3 is 0 Å². The minimum Gasteiger partial charge on any atom is -0.481 e. The van der Waals surface area contributed by atoms with Crippen LogP contribution in [0.1, 0.15) is 41.3 Å². The first-order valence-electron chi connectivity index (χ1n) is 9.97. The number of ether oxygens (including phenoxy) is 2. The molecule has 0 radical (unpaired) electrons. The molecule has 154 valence electrons. The van der Waals surface area contributed by atoms with Crippen molar-refractivity contribution in [3.05, 3.63) is 59.2 Å². The van der Waals surface area contributed by atoms with Crippen LogP contribution in [0.25, 0.3) is 0 Å². The van der Waals surface area contributed by atoms with Gasteiger partial charge in [0.15, 0.2) is 6.10 Å².